The maximum absolute atomic E-state index is 12.6. The van der Waals surface area contributed by atoms with Crippen molar-refractivity contribution in [1.29, 1.82) is 0 Å². The summed E-state index contributed by atoms with van der Waals surface area (Å²) in [6.07, 6.45) is 4.82. The maximum atomic E-state index is 12.6. The first-order valence-electron chi connectivity index (χ1n) is 9.04. The molecule has 3 N–H and O–H groups in total. The fraction of sp³-hybridized carbons (Fsp3) is 0.500. The summed E-state index contributed by atoms with van der Waals surface area (Å²) < 4.78 is 0. The molecule has 0 spiro atoms. The molecule has 1 unspecified atom stereocenters. The number of nitrogens with zero attached hydrogens (tertiary/aromatic N) is 1. The maximum Gasteiger partial charge on any atom is 0.314 e. The highest BCUT2D eigenvalue weighted by Gasteiger charge is 2.27. The lowest BCUT2D eigenvalue weighted by atomic mass is 9.88. The lowest BCUT2D eigenvalue weighted by molar-refractivity contribution is -0.385. The van der Waals surface area contributed by atoms with Crippen LogP contribution < -0.4 is 16.4 Å². The molecule has 27 heavy (non-hydrogen) atoms. The van der Waals surface area contributed by atoms with Gasteiger partial charge in [-0.2, -0.15) is 0 Å². The van der Waals surface area contributed by atoms with E-state index < -0.39 is 22.1 Å². The van der Waals surface area contributed by atoms with Gasteiger partial charge in [-0.05, 0) is 26.7 Å². The number of carbonyl (C=O) groups excluding carboxylic acids is 1. The average Bonchev–Trinajstić information content (AvgIpc) is 2.63. The average molecular weight is 374 g/mol. The monoisotopic (exact) mass is 374 g/mol. The number of fused-ring (bicyclic) bond motifs is 1. The largest absolute Gasteiger partial charge is 0.349 e. The molecule has 1 amide bonds. The van der Waals surface area contributed by atoms with Gasteiger partial charge in [-0.1, -0.05) is 19.3 Å². The molecule has 1 aromatic carbocycles. The Kier molecular flexibility index (Phi) is 5.11. The fourth-order valence-electron chi connectivity index (χ4n) is 3.87. The normalized spacial score (nSPS) is 16.2. The van der Waals surface area contributed by atoms with Gasteiger partial charge in [-0.25, -0.2) is 0 Å². The van der Waals surface area contributed by atoms with Crippen LogP contribution in [0.3, 0.4) is 0 Å². The van der Waals surface area contributed by atoms with Gasteiger partial charge < -0.3 is 15.3 Å². The van der Waals surface area contributed by atoms with Crippen molar-refractivity contribution < 1.29 is 9.72 Å². The van der Waals surface area contributed by atoms with Crippen molar-refractivity contribution in [2.45, 2.75) is 52.0 Å². The molecule has 1 heterocycles. The summed E-state index contributed by atoms with van der Waals surface area (Å²) in [5.41, 5.74) is -0.694. The molecule has 0 aliphatic heterocycles. The number of hydrogen-bond acceptors (Lipinski definition) is 5. The number of benzene rings is 1. The predicted octanol–water partition coefficient (Wildman–Crippen LogP) is 2.19. The molecule has 1 aliphatic carbocycles. The van der Waals surface area contributed by atoms with Gasteiger partial charge in [0.1, 0.15) is 0 Å². The summed E-state index contributed by atoms with van der Waals surface area (Å²) in [6, 6.07) is 0.657. The first-order chi connectivity index (χ1) is 12.8. The third-order valence-corrected chi connectivity index (χ3v) is 5.27. The fourth-order valence-corrected chi connectivity index (χ4v) is 3.87. The lowest BCUT2D eigenvalue weighted by Gasteiger charge is -2.24. The van der Waals surface area contributed by atoms with Gasteiger partial charge in [0.15, 0.2) is 0 Å². The van der Waals surface area contributed by atoms with Crippen LogP contribution in [-0.4, -0.2) is 20.8 Å². The molecule has 1 fully saturated rings. The number of nitro benzene ring substituents is 1. The Morgan fingerprint density at radius 2 is 1.85 bits per heavy atom. The van der Waals surface area contributed by atoms with E-state index in [0.717, 1.165) is 32.1 Å². The van der Waals surface area contributed by atoms with Gasteiger partial charge in [-0.15, -0.1) is 0 Å². The molecule has 3 rings (SSSR count). The number of nitro groups is 1. The van der Waals surface area contributed by atoms with Crippen LogP contribution in [0.15, 0.2) is 15.7 Å². The second-order valence-electron chi connectivity index (χ2n) is 7.09. The molecule has 1 atom stereocenters. The van der Waals surface area contributed by atoms with Gasteiger partial charge in [0.2, 0.25) is 5.91 Å². The zero-order valence-electron chi connectivity index (χ0n) is 15.3. The van der Waals surface area contributed by atoms with E-state index in [9.17, 15) is 24.5 Å². The number of amides is 1. The summed E-state index contributed by atoms with van der Waals surface area (Å²) in [7, 11) is 0. The molecule has 9 nitrogen and oxygen atoms in total. The first-order valence-corrected chi connectivity index (χ1v) is 9.04. The Hall–Kier alpha value is -2.97. The van der Waals surface area contributed by atoms with E-state index in [0.29, 0.717) is 16.6 Å². The molecular weight excluding hydrogens is 352 g/mol. The minimum Gasteiger partial charge on any atom is -0.349 e. The molecule has 0 bridgehead atoms. The lowest BCUT2D eigenvalue weighted by Crippen LogP contribution is -2.35. The molecular formula is C18H22N4O5. The number of aromatic amines is 2. The van der Waals surface area contributed by atoms with E-state index in [4.69, 9.17) is 0 Å². The van der Waals surface area contributed by atoms with Crippen LogP contribution in [-0.2, 0) is 4.79 Å². The number of carbonyl (C=O) groups is 1. The summed E-state index contributed by atoms with van der Waals surface area (Å²) in [4.78, 5) is 51.7. The summed E-state index contributed by atoms with van der Waals surface area (Å²) >= 11 is 0. The standard InChI is InChI=1S/C18H22N4O5/c1-9-13(22(26)27)8-12-15(21-18(25)17(24)20-12)14(9)10(2)19-16(23)11-6-4-3-5-7-11/h8,10-11H,3-7H2,1-2H3,(H,19,23)(H,20,24)(H,21,25). The molecule has 1 aliphatic rings. The topological polar surface area (TPSA) is 138 Å². The number of hydrogen-bond donors (Lipinski definition) is 3. The Morgan fingerprint density at radius 1 is 1.22 bits per heavy atom. The first kappa shape index (κ1) is 18.8. The quantitative estimate of drug-likeness (QED) is 0.428. The van der Waals surface area contributed by atoms with Crippen molar-refractivity contribution in [3.8, 4) is 0 Å². The van der Waals surface area contributed by atoms with E-state index in [-0.39, 0.29) is 23.0 Å². The van der Waals surface area contributed by atoms with Crippen LogP contribution in [0.25, 0.3) is 11.0 Å². The summed E-state index contributed by atoms with van der Waals surface area (Å²) in [5, 5.41) is 14.3. The van der Waals surface area contributed by atoms with Crippen molar-refractivity contribution in [2.75, 3.05) is 0 Å². The van der Waals surface area contributed by atoms with E-state index in [2.05, 4.69) is 15.3 Å². The zero-order chi connectivity index (χ0) is 19.7. The van der Waals surface area contributed by atoms with E-state index in [1.54, 1.807) is 13.8 Å². The summed E-state index contributed by atoms with van der Waals surface area (Å²) in [5.74, 6) is -0.154. The Balaban J connectivity index is 2.07. The Morgan fingerprint density at radius 3 is 2.48 bits per heavy atom. The van der Waals surface area contributed by atoms with Crippen LogP contribution in [0.2, 0.25) is 0 Å². The number of rotatable bonds is 4. The Bertz CT molecular complexity index is 1020. The number of nitrogens with one attached hydrogen (secondary N) is 3. The van der Waals surface area contributed by atoms with Gasteiger partial charge in [0.05, 0.1) is 22.0 Å². The van der Waals surface area contributed by atoms with Crippen LogP contribution in [0, 0.1) is 23.0 Å². The van der Waals surface area contributed by atoms with Crippen LogP contribution in [0.4, 0.5) is 5.69 Å². The number of H-pyrrole nitrogens is 2. The van der Waals surface area contributed by atoms with Gasteiger partial charge in [-0.3, -0.25) is 24.5 Å². The van der Waals surface area contributed by atoms with E-state index in [1.165, 1.54) is 6.07 Å². The van der Waals surface area contributed by atoms with E-state index >= 15 is 0 Å². The molecule has 2 aromatic rings. The third-order valence-electron chi connectivity index (χ3n) is 5.27. The molecule has 144 valence electrons. The highest BCUT2D eigenvalue weighted by Crippen LogP contribution is 2.32. The molecule has 0 saturated heterocycles. The van der Waals surface area contributed by atoms with Crippen molar-refractivity contribution in [1.82, 2.24) is 15.3 Å². The minimum atomic E-state index is -0.884. The summed E-state index contributed by atoms with van der Waals surface area (Å²) in [6.45, 7) is 3.29. The van der Waals surface area contributed by atoms with Gasteiger partial charge in [0.25, 0.3) is 5.69 Å². The predicted molar refractivity (Wildman–Crippen MR) is 99.7 cm³/mol. The van der Waals surface area contributed by atoms with Gasteiger partial charge in [0, 0.05) is 23.1 Å². The molecule has 0 radical (unpaired) electrons. The SMILES string of the molecule is Cc1c([N+](=O)[O-])cc2[nH]c(=O)c(=O)[nH]c2c1C(C)NC(=O)C1CCCCC1. The van der Waals surface area contributed by atoms with Crippen molar-refractivity contribution in [3.63, 3.8) is 0 Å². The Labute approximate surface area is 154 Å². The number of aromatic nitrogens is 2. The van der Waals surface area contributed by atoms with Crippen LogP contribution >= 0.6 is 0 Å². The minimum absolute atomic E-state index is 0.0645. The molecule has 1 saturated carbocycles. The van der Waals surface area contributed by atoms with Crippen LogP contribution in [0.5, 0.6) is 0 Å². The van der Waals surface area contributed by atoms with E-state index in [1.807, 2.05) is 0 Å². The molecule has 9 heteroatoms. The third kappa shape index (κ3) is 3.62. The highest BCUT2D eigenvalue weighted by molar-refractivity contribution is 5.85. The smallest absolute Gasteiger partial charge is 0.314 e. The second kappa shape index (κ2) is 7.34. The molecule has 1 aromatic heterocycles. The highest BCUT2D eigenvalue weighted by atomic mass is 16.6. The zero-order valence-corrected chi connectivity index (χ0v) is 15.3. The second-order valence-corrected chi connectivity index (χ2v) is 7.09. The van der Waals surface area contributed by atoms with Crippen molar-refractivity contribution in [3.05, 3.63) is 48.0 Å². The van der Waals surface area contributed by atoms with Gasteiger partial charge >= 0.3 is 11.1 Å². The van der Waals surface area contributed by atoms with Crippen LogP contribution in [0.1, 0.15) is 56.2 Å². The van der Waals surface area contributed by atoms with Crippen molar-refractivity contribution in [2.24, 2.45) is 5.92 Å². The van der Waals surface area contributed by atoms with Crippen molar-refractivity contribution >= 4 is 22.6 Å².